The topological polar surface area (TPSA) is 93.0 Å². The van der Waals surface area contributed by atoms with Crippen molar-refractivity contribution in [1.29, 1.82) is 0 Å². The molecule has 140 valence electrons. The van der Waals surface area contributed by atoms with Gasteiger partial charge in [0, 0.05) is 32.2 Å². The quantitative estimate of drug-likeness (QED) is 0.766. The van der Waals surface area contributed by atoms with Crippen LogP contribution in [0, 0.1) is 12.7 Å². The standard InChI is InChI=1S/C16H18FN3O5S/c1-12-10-15(18-25-12)24-11-16(21)19-6-8-20(9-7-19)26(22,23)14-4-2-13(17)3-5-14/h2-5,10H,6-9,11H2,1H3. The van der Waals surface area contributed by atoms with Crippen LogP contribution >= 0.6 is 0 Å². The summed E-state index contributed by atoms with van der Waals surface area (Å²) in [7, 11) is -3.71. The van der Waals surface area contributed by atoms with Gasteiger partial charge < -0.3 is 14.2 Å². The summed E-state index contributed by atoms with van der Waals surface area (Å²) >= 11 is 0. The second-order valence-corrected chi connectivity index (χ2v) is 7.74. The van der Waals surface area contributed by atoms with Gasteiger partial charge in [-0.3, -0.25) is 4.79 Å². The molecule has 0 unspecified atom stereocenters. The van der Waals surface area contributed by atoms with Crippen LogP contribution < -0.4 is 4.74 Å². The zero-order chi connectivity index (χ0) is 18.7. The predicted octanol–water partition coefficient (Wildman–Crippen LogP) is 1.03. The number of amides is 1. The number of halogens is 1. The number of nitrogens with zero attached hydrogens (tertiary/aromatic N) is 3. The first-order valence-electron chi connectivity index (χ1n) is 7.96. The lowest BCUT2D eigenvalue weighted by Crippen LogP contribution is -2.51. The van der Waals surface area contributed by atoms with Crippen molar-refractivity contribution in [2.24, 2.45) is 0 Å². The van der Waals surface area contributed by atoms with Gasteiger partial charge >= 0.3 is 0 Å². The Balaban J connectivity index is 1.54. The summed E-state index contributed by atoms with van der Waals surface area (Å²) in [5.74, 6) is 0.0478. The molecule has 2 aromatic rings. The van der Waals surface area contributed by atoms with Gasteiger partial charge in [0.25, 0.3) is 11.8 Å². The molecule has 0 saturated carbocycles. The predicted molar refractivity (Wildman–Crippen MR) is 88.5 cm³/mol. The zero-order valence-corrected chi connectivity index (χ0v) is 14.9. The summed E-state index contributed by atoms with van der Waals surface area (Å²) in [5, 5.41) is 3.63. The van der Waals surface area contributed by atoms with E-state index in [0.29, 0.717) is 5.76 Å². The Morgan fingerprint density at radius 3 is 2.46 bits per heavy atom. The van der Waals surface area contributed by atoms with Crippen molar-refractivity contribution < 1.29 is 26.9 Å². The molecule has 1 aromatic heterocycles. The molecule has 0 N–H and O–H groups in total. The van der Waals surface area contributed by atoms with Gasteiger partial charge in [0.15, 0.2) is 6.61 Å². The summed E-state index contributed by atoms with van der Waals surface area (Å²) < 4.78 is 49.5. The molecule has 8 nitrogen and oxygen atoms in total. The van der Waals surface area contributed by atoms with Crippen LogP contribution in [0.1, 0.15) is 5.76 Å². The maximum Gasteiger partial charge on any atom is 0.260 e. The first-order valence-corrected chi connectivity index (χ1v) is 9.40. The van der Waals surface area contributed by atoms with E-state index >= 15 is 0 Å². The van der Waals surface area contributed by atoms with Crippen molar-refractivity contribution in [2.75, 3.05) is 32.8 Å². The number of sulfonamides is 1. The minimum absolute atomic E-state index is 0.0309. The smallest absolute Gasteiger partial charge is 0.260 e. The number of carbonyl (C=O) groups excluding carboxylic acids is 1. The van der Waals surface area contributed by atoms with Crippen LogP contribution in [0.2, 0.25) is 0 Å². The fourth-order valence-electron chi connectivity index (χ4n) is 2.57. The summed E-state index contributed by atoms with van der Waals surface area (Å²) in [6.45, 7) is 2.34. The van der Waals surface area contributed by atoms with Crippen LogP contribution in [-0.2, 0) is 14.8 Å². The summed E-state index contributed by atoms with van der Waals surface area (Å²) in [4.78, 5) is 13.7. The van der Waals surface area contributed by atoms with Gasteiger partial charge in [-0.05, 0) is 36.3 Å². The van der Waals surface area contributed by atoms with Crippen molar-refractivity contribution in [1.82, 2.24) is 14.4 Å². The normalized spacial score (nSPS) is 15.8. The first-order chi connectivity index (χ1) is 12.4. The summed E-state index contributed by atoms with van der Waals surface area (Å²) in [6.07, 6.45) is 0. The first kappa shape index (κ1) is 18.3. The number of hydrogen-bond acceptors (Lipinski definition) is 6. The van der Waals surface area contributed by atoms with E-state index in [1.54, 1.807) is 13.0 Å². The molecular weight excluding hydrogens is 365 g/mol. The Labute approximate surface area is 150 Å². The number of aryl methyl sites for hydroxylation is 1. The molecule has 0 spiro atoms. The van der Waals surface area contributed by atoms with E-state index in [1.165, 1.54) is 21.3 Å². The van der Waals surface area contributed by atoms with E-state index in [4.69, 9.17) is 9.26 Å². The molecule has 26 heavy (non-hydrogen) atoms. The van der Waals surface area contributed by atoms with Crippen molar-refractivity contribution in [2.45, 2.75) is 11.8 Å². The third kappa shape index (κ3) is 4.02. The molecule has 10 heteroatoms. The molecule has 1 amide bonds. The molecule has 1 aliphatic rings. The number of benzene rings is 1. The van der Waals surface area contributed by atoms with Gasteiger partial charge in [0.2, 0.25) is 10.0 Å². The number of carbonyl (C=O) groups is 1. The fourth-order valence-corrected chi connectivity index (χ4v) is 3.99. The van der Waals surface area contributed by atoms with Gasteiger partial charge in [-0.1, -0.05) is 0 Å². The van der Waals surface area contributed by atoms with Gasteiger partial charge in [0.05, 0.1) is 4.90 Å². The van der Waals surface area contributed by atoms with Gasteiger partial charge in [-0.2, -0.15) is 4.31 Å². The van der Waals surface area contributed by atoms with Crippen molar-refractivity contribution in [3.05, 3.63) is 41.9 Å². The van der Waals surface area contributed by atoms with Gasteiger partial charge in [0.1, 0.15) is 11.6 Å². The Bertz CT molecular complexity index is 874. The Hall–Kier alpha value is -2.46. The molecule has 1 fully saturated rings. The summed E-state index contributed by atoms with van der Waals surface area (Å²) in [5.41, 5.74) is 0. The third-order valence-electron chi connectivity index (χ3n) is 3.99. The van der Waals surface area contributed by atoms with E-state index in [2.05, 4.69) is 5.16 Å². The zero-order valence-electron chi connectivity index (χ0n) is 14.1. The fraction of sp³-hybridized carbons (Fsp3) is 0.375. The van der Waals surface area contributed by atoms with Crippen LogP contribution in [0.15, 0.2) is 39.8 Å². The van der Waals surface area contributed by atoms with Crippen molar-refractivity contribution in [3.8, 4) is 5.88 Å². The lowest BCUT2D eigenvalue weighted by Gasteiger charge is -2.33. The van der Waals surface area contributed by atoms with E-state index in [1.807, 2.05) is 0 Å². The van der Waals surface area contributed by atoms with Crippen LogP contribution in [0.4, 0.5) is 4.39 Å². The number of rotatable bonds is 5. The van der Waals surface area contributed by atoms with Crippen molar-refractivity contribution >= 4 is 15.9 Å². The van der Waals surface area contributed by atoms with E-state index < -0.39 is 15.8 Å². The second-order valence-electron chi connectivity index (χ2n) is 5.80. The molecule has 1 aliphatic heterocycles. The minimum atomic E-state index is -3.71. The molecule has 0 atom stereocenters. The largest absolute Gasteiger partial charge is 0.465 e. The van der Waals surface area contributed by atoms with Crippen LogP contribution in [0.3, 0.4) is 0 Å². The average Bonchev–Trinajstić information content (AvgIpc) is 3.05. The minimum Gasteiger partial charge on any atom is -0.465 e. The van der Waals surface area contributed by atoms with Crippen LogP contribution in [0.5, 0.6) is 5.88 Å². The number of piperazine rings is 1. The van der Waals surface area contributed by atoms with Crippen LogP contribution in [-0.4, -0.2) is 61.5 Å². The number of aromatic nitrogens is 1. The van der Waals surface area contributed by atoms with E-state index in [0.717, 1.165) is 12.1 Å². The lowest BCUT2D eigenvalue weighted by molar-refractivity contribution is -0.134. The number of ether oxygens (including phenoxy) is 1. The highest BCUT2D eigenvalue weighted by Gasteiger charge is 2.30. The highest BCUT2D eigenvalue weighted by Crippen LogP contribution is 2.18. The molecular formula is C16H18FN3O5S. The maximum absolute atomic E-state index is 13.0. The SMILES string of the molecule is Cc1cc(OCC(=O)N2CCN(S(=O)(=O)c3ccc(F)cc3)CC2)no1. The Kier molecular flexibility index (Phi) is 5.23. The van der Waals surface area contributed by atoms with Crippen molar-refractivity contribution in [3.63, 3.8) is 0 Å². The summed E-state index contributed by atoms with van der Waals surface area (Å²) in [6, 6.07) is 6.25. The highest BCUT2D eigenvalue weighted by atomic mass is 32.2. The molecule has 1 aromatic carbocycles. The average molecular weight is 383 g/mol. The van der Waals surface area contributed by atoms with E-state index in [-0.39, 0.29) is 49.5 Å². The van der Waals surface area contributed by atoms with Gasteiger partial charge in [-0.15, -0.1) is 0 Å². The molecule has 3 rings (SSSR count). The molecule has 0 radical (unpaired) electrons. The van der Waals surface area contributed by atoms with E-state index in [9.17, 15) is 17.6 Å². The second kappa shape index (κ2) is 7.42. The Morgan fingerprint density at radius 2 is 1.88 bits per heavy atom. The number of hydrogen-bond donors (Lipinski definition) is 0. The van der Waals surface area contributed by atoms with Crippen LogP contribution in [0.25, 0.3) is 0 Å². The maximum atomic E-state index is 13.0. The third-order valence-corrected chi connectivity index (χ3v) is 5.91. The lowest BCUT2D eigenvalue weighted by atomic mass is 10.3. The monoisotopic (exact) mass is 383 g/mol. The molecule has 1 saturated heterocycles. The highest BCUT2D eigenvalue weighted by molar-refractivity contribution is 7.89. The van der Waals surface area contributed by atoms with Gasteiger partial charge in [-0.25, -0.2) is 12.8 Å². The molecule has 0 bridgehead atoms. The molecule has 2 heterocycles. The molecule has 0 aliphatic carbocycles. The Morgan fingerprint density at radius 1 is 1.23 bits per heavy atom.